The first-order valence-corrected chi connectivity index (χ1v) is 15.4. The Morgan fingerprint density at radius 1 is 0.935 bits per heavy atom. The van der Waals surface area contributed by atoms with Crippen molar-refractivity contribution in [2.24, 2.45) is 10.8 Å². The second-order valence-corrected chi connectivity index (χ2v) is 13.8. The van der Waals surface area contributed by atoms with Crippen LogP contribution in [0.15, 0.2) is 48.4 Å². The van der Waals surface area contributed by atoms with E-state index in [1.54, 1.807) is 27.0 Å². The van der Waals surface area contributed by atoms with E-state index in [0.717, 1.165) is 44.5 Å². The van der Waals surface area contributed by atoms with Crippen molar-refractivity contribution in [3.8, 4) is 11.3 Å². The normalized spacial score (nSPS) is 13.0. The third-order valence-corrected chi connectivity index (χ3v) is 9.12. The van der Waals surface area contributed by atoms with Crippen LogP contribution in [0.4, 0.5) is 26.3 Å². The zero-order valence-corrected chi connectivity index (χ0v) is 30.2. The van der Waals surface area contributed by atoms with Gasteiger partial charge in [0.05, 0.1) is 0 Å². The fraction of sp³-hybridized carbons (Fsp3) is 0.429. The van der Waals surface area contributed by atoms with Gasteiger partial charge in [0, 0.05) is 42.5 Å². The number of fused-ring (bicyclic) bond motifs is 3. The molecule has 1 N–H and O–H groups in total. The van der Waals surface area contributed by atoms with Crippen molar-refractivity contribution >= 4 is 38.0 Å². The first-order valence-electron chi connectivity index (χ1n) is 14.5. The van der Waals surface area contributed by atoms with Gasteiger partial charge in [-0.05, 0) is 58.2 Å². The van der Waals surface area contributed by atoms with Crippen LogP contribution in [-0.2, 0) is 37.5 Å². The van der Waals surface area contributed by atoms with Crippen LogP contribution in [0.5, 0.6) is 0 Å². The number of ketones is 1. The number of alkyl halides is 6. The third-order valence-electron chi connectivity index (χ3n) is 7.79. The van der Waals surface area contributed by atoms with Crippen molar-refractivity contribution in [2.45, 2.75) is 87.0 Å². The van der Waals surface area contributed by atoms with Gasteiger partial charge in [0.2, 0.25) is 0 Å². The summed E-state index contributed by atoms with van der Waals surface area (Å²) in [4.78, 5) is 14.7. The van der Waals surface area contributed by atoms with Crippen LogP contribution < -0.4 is 0 Å². The number of hydrogen-bond donors (Lipinski definition) is 1. The summed E-state index contributed by atoms with van der Waals surface area (Å²) in [5.74, 6) is -2.53. The molecule has 2 aromatic heterocycles. The molecule has 2 aromatic carbocycles. The molecule has 0 saturated heterocycles. The SMILES string of the molecule is CCC(C)(CC)/C(O)=C/C(=O)C(F)(F)F.Cc1[c-]c(-c2nccc3c2ccc2c(CC(C)(C)C)c(C(F)(F)F)sc23)cc(C)c1.[Ir]. The van der Waals surface area contributed by atoms with E-state index in [4.69, 9.17) is 0 Å². The summed E-state index contributed by atoms with van der Waals surface area (Å²) in [5.41, 5.74) is 3.10. The van der Waals surface area contributed by atoms with E-state index < -0.39 is 34.2 Å². The van der Waals surface area contributed by atoms with E-state index in [1.807, 2.05) is 65.0 Å². The van der Waals surface area contributed by atoms with Crippen LogP contribution in [0.25, 0.3) is 32.1 Å². The average Bonchev–Trinajstić information content (AvgIpc) is 3.29. The molecule has 0 atom stereocenters. The summed E-state index contributed by atoms with van der Waals surface area (Å²) < 4.78 is 78.0. The van der Waals surface area contributed by atoms with Crippen molar-refractivity contribution in [2.75, 3.05) is 0 Å². The number of pyridine rings is 1. The standard InChI is InChI=1S/C25H23F3NS.C10H15F3O2.Ir/c1-14-10-15(2)12-16(11-14)21-17-6-7-18-20(13-24(3,4)5)23(25(26,27)28)30-22(18)19(17)8-9-29-21;1-4-9(3,5-2)7(14)6-8(15)10(11,12)13;/h6-11H,13H2,1-5H3;6,14H,4-5H2,1-3H3;/q-1;;/b;7-6-;. The van der Waals surface area contributed by atoms with E-state index >= 15 is 0 Å². The summed E-state index contributed by atoms with van der Waals surface area (Å²) in [6.07, 6.45) is -6.03. The van der Waals surface area contributed by atoms with Crippen molar-refractivity contribution < 1.29 is 56.3 Å². The molecule has 4 aromatic rings. The Labute approximate surface area is 283 Å². The molecule has 0 aliphatic heterocycles. The quantitative estimate of drug-likeness (QED) is 0.0910. The summed E-state index contributed by atoms with van der Waals surface area (Å²) in [6, 6.07) is 13.0. The van der Waals surface area contributed by atoms with Crippen LogP contribution in [0.1, 0.15) is 76.0 Å². The van der Waals surface area contributed by atoms with Gasteiger partial charge in [-0.15, -0.1) is 46.2 Å². The van der Waals surface area contributed by atoms with Crippen LogP contribution >= 0.6 is 11.3 Å². The molecule has 11 heteroatoms. The molecule has 3 nitrogen and oxygen atoms in total. The van der Waals surface area contributed by atoms with Gasteiger partial charge >= 0.3 is 12.4 Å². The zero-order valence-electron chi connectivity index (χ0n) is 27.0. The number of hydrogen-bond acceptors (Lipinski definition) is 4. The molecule has 0 unspecified atom stereocenters. The number of thiophene rings is 1. The summed E-state index contributed by atoms with van der Waals surface area (Å²) >= 11 is 0.848. The molecule has 0 fully saturated rings. The van der Waals surface area contributed by atoms with Crippen LogP contribution in [-0.4, -0.2) is 22.1 Å². The number of rotatable bonds is 6. The van der Waals surface area contributed by atoms with Gasteiger partial charge in [-0.2, -0.15) is 26.3 Å². The largest absolute Gasteiger partial charge is 0.512 e. The topological polar surface area (TPSA) is 50.2 Å². The minimum Gasteiger partial charge on any atom is -0.512 e. The fourth-order valence-electron chi connectivity index (χ4n) is 5.03. The van der Waals surface area contributed by atoms with Crippen molar-refractivity contribution in [1.29, 1.82) is 0 Å². The van der Waals surface area contributed by atoms with E-state index in [9.17, 15) is 36.2 Å². The molecule has 253 valence electrons. The minimum atomic E-state index is -4.92. The maximum atomic E-state index is 13.9. The molecular formula is C35H38F6IrNO2S-. The number of aromatic nitrogens is 1. The number of aliphatic hydroxyl groups is 1. The van der Waals surface area contributed by atoms with E-state index in [0.29, 0.717) is 34.9 Å². The number of carbonyl (C=O) groups is 1. The van der Waals surface area contributed by atoms with Gasteiger partial charge in [-0.1, -0.05) is 67.5 Å². The molecule has 0 aliphatic rings. The Balaban J connectivity index is 0.000000394. The molecule has 2 heterocycles. The smallest absolute Gasteiger partial charge is 0.454 e. The van der Waals surface area contributed by atoms with Crippen molar-refractivity contribution in [1.82, 2.24) is 4.98 Å². The second kappa shape index (κ2) is 14.6. The van der Waals surface area contributed by atoms with Gasteiger partial charge in [0.15, 0.2) is 0 Å². The molecule has 0 aliphatic carbocycles. The molecule has 0 amide bonds. The number of aryl methyl sites for hydroxylation is 2. The Morgan fingerprint density at radius 2 is 1.52 bits per heavy atom. The predicted octanol–water partition coefficient (Wildman–Crippen LogP) is 11.5. The molecule has 4 rings (SSSR count). The van der Waals surface area contributed by atoms with E-state index in [1.165, 1.54) is 0 Å². The summed E-state index contributed by atoms with van der Waals surface area (Å²) in [5, 5.41) is 11.8. The third kappa shape index (κ3) is 9.20. The Kier molecular flexibility index (Phi) is 12.5. The Bertz CT molecular complexity index is 1710. The monoisotopic (exact) mass is 843 g/mol. The second-order valence-electron chi connectivity index (χ2n) is 12.8. The number of benzene rings is 2. The first kappa shape index (κ1) is 39.4. The van der Waals surface area contributed by atoms with Gasteiger partial charge in [-0.25, -0.2) is 0 Å². The molecular weight excluding hydrogens is 805 g/mol. The van der Waals surface area contributed by atoms with Crippen LogP contribution in [0, 0.1) is 30.7 Å². The minimum absolute atomic E-state index is 0. The van der Waals surface area contributed by atoms with Crippen LogP contribution in [0.3, 0.4) is 0 Å². The van der Waals surface area contributed by atoms with E-state index in [2.05, 4.69) is 11.1 Å². The van der Waals surface area contributed by atoms with Crippen LogP contribution in [0.2, 0.25) is 0 Å². The van der Waals surface area contributed by atoms with Gasteiger partial charge in [0.25, 0.3) is 5.78 Å². The number of allylic oxidation sites excluding steroid dienone is 2. The molecule has 0 saturated carbocycles. The van der Waals surface area contributed by atoms with E-state index in [-0.39, 0.29) is 31.6 Å². The predicted molar refractivity (Wildman–Crippen MR) is 169 cm³/mol. The van der Waals surface area contributed by atoms with Gasteiger partial charge < -0.3 is 10.1 Å². The first-order chi connectivity index (χ1) is 20.6. The maximum Gasteiger partial charge on any atom is 0.454 e. The fourth-order valence-corrected chi connectivity index (χ4v) is 6.24. The summed E-state index contributed by atoms with van der Waals surface area (Å²) in [7, 11) is 0. The molecule has 1 radical (unpaired) electrons. The van der Waals surface area contributed by atoms with Crippen molar-refractivity contribution in [3.63, 3.8) is 0 Å². The number of carbonyl (C=O) groups excluding carboxylic acids is 1. The number of halogens is 6. The number of nitrogens with zero attached hydrogens (tertiary/aromatic N) is 1. The maximum absolute atomic E-state index is 13.9. The molecule has 0 spiro atoms. The molecule has 0 bridgehead atoms. The zero-order chi connectivity index (χ0) is 34.1. The number of aliphatic hydroxyl groups excluding tert-OH is 1. The average molecular weight is 843 g/mol. The van der Waals surface area contributed by atoms with Crippen molar-refractivity contribution in [3.05, 3.63) is 76.0 Å². The molecule has 46 heavy (non-hydrogen) atoms. The Hall–Kier alpha value is -2.75. The van der Waals surface area contributed by atoms with Gasteiger partial charge in [0.1, 0.15) is 10.6 Å². The summed E-state index contributed by atoms with van der Waals surface area (Å²) in [6.45, 7) is 15.0. The van der Waals surface area contributed by atoms with Gasteiger partial charge in [-0.3, -0.25) is 4.79 Å². The Morgan fingerprint density at radius 3 is 2.02 bits per heavy atom.